The molecule has 1 aromatic heterocycles. The van der Waals surface area contributed by atoms with Crippen LogP contribution in [-0.4, -0.2) is 23.7 Å². The van der Waals surface area contributed by atoms with E-state index in [1.165, 1.54) is 11.3 Å². The number of urea groups is 1. The summed E-state index contributed by atoms with van der Waals surface area (Å²) in [5, 5.41) is 14.7. The largest absolute Gasteiger partial charge is 0.478 e. The minimum Gasteiger partial charge on any atom is -0.478 e. The van der Waals surface area contributed by atoms with Gasteiger partial charge in [0.25, 0.3) is 0 Å². The zero-order valence-corrected chi connectivity index (χ0v) is 11.4. The Kier molecular flexibility index (Phi) is 5.64. The molecule has 0 saturated carbocycles. The van der Waals surface area contributed by atoms with Crippen molar-refractivity contribution in [1.82, 2.24) is 5.32 Å². The van der Waals surface area contributed by atoms with E-state index in [0.29, 0.717) is 11.5 Å². The van der Waals surface area contributed by atoms with E-state index in [0.717, 1.165) is 24.1 Å². The molecule has 0 fully saturated rings. The third-order valence-electron chi connectivity index (χ3n) is 2.40. The second kappa shape index (κ2) is 7.00. The van der Waals surface area contributed by atoms with Gasteiger partial charge >= 0.3 is 12.0 Å². The summed E-state index contributed by atoms with van der Waals surface area (Å²) in [7, 11) is 0. The monoisotopic (exact) mass is 270 g/mol. The van der Waals surface area contributed by atoms with Crippen LogP contribution in [0.4, 0.5) is 9.80 Å². The van der Waals surface area contributed by atoms with Crippen LogP contribution in [0.25, 0.3) is 0 Å². The molecule has 0 saturated heterocycles. The summed E-state index contributed by atoms with van der Waals surface area (Å²) in [6.45, 7) is 4.58. The van der Waals surface area contributed by atoms with Crippen molar-refractivity contribution in [2.24, 2.45) is 0 Å². The first-order valence-corrected chi connectivity index (χ1v) is 6.81. The van der Waals surface area contributed by atoms with Crippen molar-refractivity contribution < 1.29 is 14.7 Å². The molecule has 0 spiro atoms. The molecule has 18 heavy (non-hydrogen) atoms. The molecule has 0 aliphatic heterocycles. The van der Waals surface area contributed by atoms with Gasteiger partial charge in [0.15, 0.2) is 0 Å². The number of carbonyl (C=O) groups is 2. The highest BCUT2D eigenvalue weighted by molar-refractivity contribution is 7.16. The summed E-state index contributed by atoms with van der Waals surface area (Å²) < 4.78 is 0. The second-order valence-corrected chi connectivity index (χ2v) is 4.99. The molecule has 6 heteroatoms. The number of carbonyl (C=O) groups excluding carboxylic acids is 1. The van der Waals surface area contributed by atoms with E-state index in [9.17, 15) is 9.59 Å². The lowest BCUT2D eigenvalue weighted by Gasteiger charge is -2.05. The number of unbranched alkanes of at least 4 members (excludes halogenated alkanes) is 1. The topological polar surface area (TPSA) is 78.4 Å². The van der Waals surface area contributed by atoms with Crippen molar-refractivity contribution in [3.63, 3.8) is 0 Å². The number of hydrogen-bond donors (Lipinski definition) is 3. The third kappa shape index (κ3) is 4.03. The first kappa shape index (κ1) is 14.5. The smallest absolute Gasteiger partial charge is 0.338 e. The number of thiophene rings is 1. The van der Waals surface area contributed by atoms with Crippen LogP contribution in [0.3, 0.4) is 0 Å². The van der Waals surface area contributed by atoms with Gasteiger partial charge in [-0.25, -0.2) is 9.59 Å². The van der Waals surface area contributed by atoms with Crippen LogP contribution in [0.2, 0.25) is 0 Å². The number of hydrogen-bond acceptors (Lipinski definition) is 3. The number of aromatic carboxylic acids is 1. The van der Waals surface area contributed by atoms with Crippen molar-refractivity contribution in [2.75, 3.05) is 11.9 Å². The SMILES string of the molecule is CCCCNC(=O)Nc1sc(CC)cc1C(=O)O. The van der Waals surface area contributed by atoms with E-state index < -0.39 is 5.97 Å². The summed E-state index contributed by atoms with van der Waals surface area (Å²) in [4.78, 5) is 23.5. The second-order valence-electron chi connectivity index (χ2n) is 3.85. The van der Waals surface area contributed by atoms with E-state index in [-0.39, 0.29) is 11.6 Å². The molecule has 1 heterocycles. The van der Waals surface area contributed by atoms with Crippen LogP contribution in [0, 0.1) is 0 Å². The maximum Gasteiger partial charge on any atom is 0.338 e. The normalized spacial score (nSPS) is 10.1. The molecule has 1 aromatic rings. The lowest BCUT2D eigenvalue weighted by Crippen LogP contribution is -2.29. The van der Waals surface area contributed by atoms with E-state index in [1.54, 1.807) is 6.07 Å². The fourth-order valence-corrected chi connectivity index (χ4v) is 2.38. The third-order valence-corrected chi connectivity index (χ3v) is 3.60. The summed E-state index contributed by atoms with van der Waals surface area (Å²) in [6.07, 6.45) is 2.66. The number of aryl methyl sites for hydroxylation is 1. The molecule has 1 rings (SSSR count). The molecule has 100 valence electrons. The van der Waals surface area contributed by atoms with Gasteiger partial charge in [-0.1, -0.05) is 20.3 Å². The molecule has 0 aromatic carbocycles. The minimum absolute atomic E-state index is 0.155. The molecule has 0 aliphatic rings. The Morgan fingerprint density at radius 1 is 1.39 bits per heavy atom. The van der Waals surface area contributed by atoms with E-state index >= 15 is 0 Å². The van der Waals surface area contributed by atoms with Crippen molar-refractivity contribution in [3.05, 3.63) is 16.5 Å². The summed E-state index contributed by atoms with van der Waals surface area (Å²) in [6, 6.07) is 1.25. The first-order valence-electron chi connectivity index (χ1n) is 5.99. The first-order chi connectivity index (χ1) is 8.58. The standard InChI is InChI=1S/C12H18N2O3S/c1-3-5-6-13-12(17)14-10-9(11(15)16)7-8(4-2)18-10/h7H,3-6H2,1-2H3,(H,15,16)(H2,13,14,17). The Balaban J connectivity index is 2.67. The van der Waals surface area contributed by atoms with E-state index in [2.05, 4.69) is 10.6 Å². The molecule has 3 N–H and O–H groups in total. The molecule has 0 unspecified atom stereocenters. The van der Waals surface area contributed by atoms with Crippen LogP contribution in [0.1, 0.15) is 41.9 Å². The van der Waals surface area contributed by atoms with Gasteiger partial charge in [0.05, 0.1) is 5.56 Å². The van der Waals surface area contributed by atoms with Gasteiger partial charge in [0.1, 0.15) is 5.00 Å². The number of rotatable bonds is 6. The molecular formula is C12H18N2O3S. The maximum absolute atomic E-state index is 11.6. The number of amides is 2. The van der Waals surface area contributed by atoms with Gasteiger partial charge < -0.3 is 10.4 Å². The molecule has 0 aliphatic carbocycles. The van der Waals surface area contributed by atoms with Crippen molar-refractivity contribution >= 4 is 28.3 Å². The molecule has 2 amide bonds. The molecule has 5 nitrogen and oxygen atoms in total. The summed E-state index contributed by atoms with van der Waals surface area (Å²) in [5.74, 6) is -1.02. The van der Waals surface area contributed by atoms with Crippen LogP contribution in [0.15, 0.2) is 6.07 Å². The number of anilines is 1. The molecule has 0 radical (unpaired) electrons. The van der Waals surface area contributed by atoms with Gasteiger partial charge in [-0.2, -0.15) is 0 Å². The predicted octanol–water partition coefficient (Wildman–Crippen LogP) is 2.93. The summed E-state index contributed by atoms with van der Waals surface area (Å²) in [5.41, 5.74) is 0.155. The lowest BCUT2D eigenvalue weighted by molar-refractivity contribution is 0.0698. The van der Waals surface area contributed by atoms with Gasteiger partial charge in [-0.3, -0.25) is 5.32 Å². The molecular weight excluding hydrogens is 252 g/mol. The average molecular weight is 270 g/mol. The van der Waals surface area contributed by atoms with Gasteiger partial charge in [0, 0.05) is 11.4 Å². The Hall–Kier alpha value is -1.56. The highest BCUT2D eigenvalue weighted by Gasteiger charge is 2.16. The zero-order chi connectivity index (χ0) is 13.5. The average Bonchev–Trinajstić information content (AvgIpc) is 2.72. The quantitative estimate of drug-likeness (QED) is 0.695. The van der Waals surface area contributed by atoms with E-state index in [1.807, 2.05) is 13.8 Å². The molecule has 0 bridgehead atoms. The Labute approximate surface area is 110 Å². The zero-order valence-electron chi connectivity index (χ0n) is 10.6. The Morgan fingerprint density at radius 2 is 2.11 bits per heavy atom. The highest BCUT2D eigenvalue weighted by Crippen LogP contribution is 2.28. The molecule has 0 atom stereocenters. The number of carboxylic acids is 1. The number of carboxylic acid groups (broad SMARTS) is 1. The Bertz CT molecular complexity index is 429. The van der Waals surface area contributed by atoms with Crippen molar-refractivity contribution in [3.8, 4) is 0 Å². The van der Waals surface area contributed by atoms with Crippen LogP contribution < -0.4 is 10.6 Å². The van der Waals surface area contributed by atoms with Gasteiger partial charge in [-0.15, -0.1) is 11.3 Å². The predicted molar refractivity (Wildman–Crippen MR) is 72.6 cm³/mol. The fourth-order valence-electron chi connectivity index (χ4n) is 1.39. The van der Waals surface area contributed by atoms with Crippen molar-refractivity contribution in [1.29, 1.82) is 0 Å². The van der Waals surface area contributed by atoms with Gasteiger partial charge in [-0.05, 0) is 18.9 Å². The lowest BCUT2D eigenvalue weighted by atomic mass is 10.2. The fraction of sp³-hybridized carbons (Fsp3) is 0.500. The minimum atomic E-state index is -1.02. The van der Waals surface area contributed by atoms with Crippen LogP contribution >= 0.6 is 11.3 Å². The van der Waals surface area contributed by atoms with E-state index in [4.69, 9.17) is 5.11 Å². The number of nitrogens with one attached hydrogen (secondary N) is 2. The van der Waals surface area contributed by atoms with Gasteiger partial charge in [0.2, 0.25) is 0 Å². The Morgan fingerprint density at radius 3 is 2.67 bits per heavy atom. The highest BCUT2D eigenvalue weighted by atomic mass is 32.1. The van der Waals surface area contributed by atoms with Crippen LogP contribution in [0.5, 0.6) is 0 Å². The van der Waals surface area contributed by atoms with Crippen molar-refractivity contribution in [2.45, 2.75) is 33.1 Å². The maximum atomic E-state index is 11.6. The summed E-state index contributed by atoms with van der Waals surface area (Å²) >= 11 is 1.30. The van der Waals surface area contributed by atoms with Crippen LogP contribution in [-0.2, 0) is 6.42 Å².